The van der Waals surface area contributed by atoms with Crippen LogP contribution in [0.1, 0.15) is 51.9 Å². The number of nitrogens with one attached hydrogen (secondary N) is 1. The fourth-order valence-corrected chi connectivity index (χ4v) is 4.41. The summed E-state index contributed by atoms with van der Waals surface area (Å²) in [5.41, 5.74) is 5.89. The fraction of sp³-hybridized carbons (Fsp3) is 1.00. The zero-order chi connectivity index (χ0) is 13.2. The van der Waals surface area contributed by atoms with Crippen LogP contribution in [0.25, 0.3) is 0 Å². The molecule has 3 N–H and O–H groups in total. The molecule has 0 aromatic heterocycles. The van der Waals surface area contributed by atoms with Crippen molar-refractivity contribution >= 4 is 10.2 Å². The van der Waals surface area contributed by atoms with Crippen molar-refractivity contribution < 1.29 is 8.42 Å². The Morgan fingerprint density at radius 2 is 1.78 bits per heavy atom. The normalized spacial score (nSPS) is 29.7. The second-order valence-corrected chi connectivity index (χ2v) is 7.23. The highest BCUT2D eigenvalue weighted by atomic mass is 32.2. The van der Waals surface area contributed by atoms with Gasteiger partial charge in [0.15, 0.2) is 0 Å². The summed E-state index contributed by atoms with van der Waals surface area (Å²) < 4.78 is 29.1. The predicted molar refractivity (Wildman–Crippen MR) is 72.3 cm³/mol. The van der Waals surface area contributed by atoms with E-state index in [1.807, 2.05) is 6.92 Å². The smallest absolute Gasteiger partial charge is 0.279 e. The third-order valence-electron chi connectivity index (χ3n) is 3.79. The number of nitrogens with two attached hydrogens (primary N) is 1. The van der Waals surface area contributed by atoms with Gasteiger partial charge in [0.1, 0.15) is 0 Å². The van der Waals surface area contributed by atoms with Gasteiger partial charge in [-0.1, -0.05) is 6.92 Å². The van der Waals surface area contributed by atoms with Gasteiger partial charge in [0, 0.05) is 24.7 Å². The zero-order valence-electron chi connectivity index (χ0n) is 11.1. The van der Waals surface area contributed by atoms with Gasteiger partial charge in [-0.2, -0.15) is 17.4 Å². The average molecular weight is 275 g/mol. The van der Waals surface area contributed by atoms with Gasteiger partial charge in [-0.05, 0) is 44.9 Å². The molecule has 0 unspecified atom stereocenters. The van der Waals surface area contributed by atoms with E-state index in [0.717, 1.165) is 44.9 Å². The second-order valence-electron chi connectivity index (χ2n) is 5.58. The molecule has 2 aliphatic rings. The average Bonchev–Trinajstić information content (AvgIpc) is 3.10. The second kappa shape index (κ2) is 5.86. The Bertz CT molecular complexity index is 360. The highest BCUT2D eigenvalue weighted by Gasteiger charge is 2.35. The van der Waals surface area contributed by atoms with Crippen molar-refractivity contribution in [2.45, 2.75) is 70.0 Å². The minimum absolute atomic E-state index is 0.140. The van der Waals surface area contributed by atoms with Gasteiger partial charge in [-0.15, -0.1) is 0 Å². The van der Waals surface area contributed by atoms with E-state index in [1.54, 1.807) is 4.31 Å². The molecule has 0 aromatic rings. The van der Waals surface area contributed by atoms with Crippen LogP contribution in [0.2, 0.25) is 0 Å². The SMILES string of the molecule is CCCN(C1CCC(N)CC1)S(=O)(=O)NC1CC1. The van der Waals surface area contributed by atoms with Gasteiger partial charge in [-0.25, -0.2) is 0 Å². The maximum atomic E-state index is 12.3. The van der Waals surface area contributed by atoms with E-state index in [0.29, 0.717) is 6.54 Å². The summed E-state index contributed by atoms with van der Waals surface area (Å²) >= 11 is 0. The van der Waals surface area contributed by atoms with E-state index in [4.69, 9.17) is 5.73 Å². The van der Waals surface area contributed by atoms with Crippen LogP contribution in [-0.4, -0.2) is 37.4 Å². The summed E-state index contributed by atoms with van der Waals surface area (Å²) in [4.78, 5) is 0. The van der Waals surface area contributed by atoms with Crippen molar-refractivity contribution in [2.24, 2.45) is 5.73 Å². The summed E-state index contributed by atoms with van der Waals surface area (Å²) in [6, 6.07) is 0.574. The lowest BCUT2D eigenvalue weighted by Crippen LogP contribution is -2.49. The molecule has 0 spiro atoms. The van der Waals surface area contributed by atoms with Crippen molar-refractivity contribution in [3.05, 3.63) is 0 Å². The molecule has 0 aliphatic heterocycles. The molecule has 0 heterocycles. The molecule has 0 atom stereocenters. The predicted octanol–water partition coefficient (Wildman–Crippen LogP) is 0.965. The van der Waals surface area contributed by atoms with Crippen LogP contribution in [0.5, 0.6) is 0 Å². The molecule has 0 bridgehead atoms. The lowest BCUT2D eigenvalue weighted by Gasteiger charge is -2.35. The van der Waals surface area contributed by atoms with E-state index in [1.165, 1.54) is 0 Å². The van der Waals surface area contributed by atoms with E-state index >= 15 is 0 Å². The van der Waals surface area contributed by atoms with Crippen molar-refractivity contribution in [3.63, 3.8) is 0 Å². The Kier molecular flexibility index (Phi) is 4.64. The zero-order valence-corrected chi connectivity index (χ0v) is 12.0. The molecule has 2 aliphatic carbocycles. The van der Waals surface area contributed by atoms with Crippen LogP contribution in [-0.2, 0) is 10.2 Å². The van der Waals surface area contributed by atoms with Gasteiger partial charge < -0.3 is 5.73 Å². The minimum Gasteiger partial charge on any atom is -0.328 e. The number of nitrogens with zero attached hydrogens (tertiary/aromatic N) is 1. The minimum atomic E-state index is -3.30. The highest BCUT2D eigenvalue weighted by molar-refractivity contribution is 7.87. The van der Waals surface area contributed by atoms with E-state index in [9.17, 15) is 8.42 Å². The molecule has 6 heteroatoms. The molecule has 106 valence electrons. The summed E-state index contributed by atoms with van der Waals surface area (Å²) in [6.45, 7) is 2.64. The van der Waals surface area contributed by atoms with Gasteiger partial charge in [0.05, 0.1) is 0 Å². The van der Waals surface area contributed by atoms with Crippen molar-refractivity contribution in [2.75, 3.05) is 6.54 Å². The van der Waals surface area contributed by atoms with E-state index in [2.05, 4.69) is 4.72 Å². The van der Waals surface area contributed by atoms with Gasteiger partial charge in [0.25, 0.3) is 10.2 Å². The van der Waals surface area contributed by atoms with Crippen molar-refractivity contribution in [1.82, 2.24) is 9.03 Å². The van der Waals surface area contributed by atoms with Crippen LogP contribution in [0.3, 0.4) is 0 Å². The summed E-state index contributed by atoms with van der Waals surface area (Å²) in [5.74, 6) is 0. The quantitative estimate of drug-likeness (QED) is 0.758. The third-order valence-corrected chi connectivity index (χ3v) is 5.52. The highest BCUT2D eigenvalue weighted by Crippen LogP contribution is 2.26. The third kappa shape index (κ3) is 3.66. The number of hydrogen-bond donors (Lipinski definition) is 2. The molecular weight excluding hydrogens is 250 g/mol. The first-order chi connectivity index (χ1) is 8.53. The molecule has 2 fully saturated rings. The standard InChI is InChI=1S/C12H25N3O2S/c1-2-9-15(12-7-3-10(13)4-8-12)18(16,17)14-11-5-6-11/h10-12,14H,2-9,13H2,1H3. The molecule has 0 amide bonds. The summed E-state index contributed by atoms with van der Waals surface area (Å²) in [5, 5.41) is 0. The Balaban J connectivity index is 2.01. The van der Waals surface area contributed by atoms with Crippen LogP contribution in [0.4, 0.5) is 0 Å². The van der Waals surface area contributed by atoms with Gasteiger partial charge in [0.2, 0.25) is 0 Å². The molecule has 2 rings (SSSR count). The van der Waals surface area contributed by atoms with Gasteiger partial charge in [-0.3, -0.25) is 0 Å². The Morgan fingerprint density at radius 1 is 1.17 bits per heavy atom. The first-order valence-corrected chi connectivity index (χ1v) is 8.51. The maximum absolute atomic E-state index is 12.3. The molecular formula is C12H25N3O2S. The molecule has 0 saturated heterocycles. The first-order valence-electron chi connectivity index (χ1n) is 7.07. The lowest BCUT2D eigenvalue weighted by atomic mass is 9.92. The number of rotatable bonds is 6. The van der Waals surface area contributed by atoms with Crippen molar-refractivity contribution in [3.8, 4) is 0 Å². The van der Waals surface area contributed by atoms with Crippen LogP contribution < -0.4 is 10.5 Å². The summed E-state index contributed by atoms with van der Waals surface area (Å²) in [7, 11) is -3.30. The monoisotopic (exact) mass is 275 g/mol. The largest absolute Gasteiger partial charge is 0.328 e. The Hall–Kier alpha value is -0.170. The topological polar surface area (TPSA) is 75.4 Å². The maximum Gasteiger partial charge on any atom is 0.279 e. The van der Waals surface area contributed by atoms with Gasteiger partial charge >= 0.3 is 0 Å². The molecule has 0 aromatic carbocycles. The van der Waals surface area contributed by atoms with E-state index < -0.39 is 10.2 Å². The fourth-order valence-electron chi connectivity index (χ4n) is 2.59. The van der Waals surface area contributed by atoms with Crippen LogP contribution in [0.15, 0.2) is 0 Å². The summed E-state index contributed by atoms with van der Waals surface area (Å²) in [6.07, 6.45) is 6.48. The van der Waals surface area contributed by atoms with Crippen LogP contribution in [0, 0.1) is 0 Å². The Morgan fingerprint density at radius 3 is 2.28 bits per heavy atom. The number of hydrogen-bond acceptors (Lipinski definition) is 3. The molecule has 5 nitrogen and oxygen atoms in total. The van der Waals surface area contributed by atoms with Crippen LogP contribution >= 0.6 is 0 Å². The van der Waals surface area contributed by atoms with E-state index in [-0.39, 0.29) is 18.1 Å². The Labute approximate surface area is 110 Å². The molecule has 0 radical (unpaired) electrons. The van der Waals surface area contributed by atoms with Crippen molar-refractivity contribution in [1.29, 1.82) is 0 Å². The molecule has 2 saturated carbocycles. The molecule has 18 heavy (non-hydrogen) atoms. The first kappa shape index (κ1) is 14.2. The lowest BCUT2D eigenvalue weighted by molar-refractivity contribution is 0.238.